The quantitative estimate of drug-likeness (QED) is 0.771. The van der Waals surface area contributed by atoms with Crippen LogP contribution in [0, 0.1) is 23.7 Å². The predicted octanol–water partition coefficient (Wildman–Crippen LogP) is 1.68. The topological polar surface area (TPSA) is 68.2 Å². The molecule has 5 nitrogen and oxygen atoms in total. The molecule has 0 aromatic heterocycles. The lowest BCUT2D eigenvalue weighted by molar-refractivity contribution is -0.136. The van der Waals surface area contributed by atoms with Gasteiger partial charge in [0, 0.05) is 19.4 Å². The normalized spacial score (nSPS) is 52.0. The van der Waals surface area contributed by atoms with E-state index in [2.05, 4.69) is 19.9 Å². The first kappa shape index (κ1) is 16.2. The highest BCUT2D eigenvalue weighted by Crippen LogP contribution is 2.43. The summed E-state index contributed by atoms with van der Waals surface area (Å²) in [5.41, 5.74) is 0. The fraction of sp³-hybridized carbons (Fsp3) is 0.882. The Morgan fingerprint density at radius 2 is 1.68 bits per heavy atom. The zero-order valence-electron chi connectivity index (χ0n) is 13.6. The molecule has 126 valence electrons. The minimum Gasteiger partial charge on any atom is -0.495 e. The number of ether oxygens (including phenoxy) is 3. The van der Waals surface area contributed by atoms with Crippen LogP contribution in [0.2, 0.25) is 0 Å². The summed E-state index contributed by atoms with van der Waals surface area (Å²) >= 11 is 0. The molecule has 0 spiro atoms. The molecule has 2 aliphatic carbocycles. The van der Waals surface area contributed by atoms with Gasteiger partial charge in [-0.15, -0.1) is 0 Å². The molecule has 2 aliphatic heterocycles. The van der Waals surface area contributed by atoms with Crippen LogP contribution in [0.5, 0.6) is 0 Å². The standard InChI is InChI=1S/C9H16O3.C8H12O2/c1-5-3-7(10)9-6(5)4-8(11-2)12-9;1-5-4-7(9)8-6(5)2-3-10-8/h5-10H,3-4H2,1-2H3;2-3,5-9H,4H2,1H3/t5-,6+,7-,8?,9+;5-,6+,7-,8+/m11/s1. The van der Waals surface area contributed by atoms with Crippen molar-refractivity contribution in [1.29, 1.82) is 0 Å². The van der Waals surface area contributed by atoms with Gasteiger partial charge in [-0.3, -0.25) is 0 Å². The van der Waals surface area contributed by atoms with Crippen molar-refractivity contribution in [3.8, 4) is 0 Å². The lowest BCUT2D eigenvalue weighted by Crippen LogP contribution is -2.24. The lowest BCUT2D eigenvalue weighted by Gasteiger charge is -2.13. The van der Waals surface area contributed by atoms with Crippen LogP contribution in [0.3, 0.4) is 0 Å². The zero-order chi connectivity index (χ0) is 15.9. The molecule has 0 aromatic carbocycles. The number of methoxy groups -OCH3 is 1. The summed E-state index contributed by atoms with van der Waals surface area (Å²) in [6.45, 7) is 4.34. The Morgan fingerprint density at radius 1 is 1.00 bits per heavy atom. The molecule has 0 aromatic rings. The first-order valence-electron chi connectivity index (χ1n) is 8.37. The molecule has 2 N–H and O–H groups in total. The molecule has 5 heteroatoms. The molecule has 4 rings (SSSR count). The van der Waals surface area contributed by atoms with Crippen LogP contribution < -0.4 is 0 Å². The Bertz CT molecular complexity index is 396. The Kier molecular flexibility index (Phi) is 4.78. The molecule has 4 aliphatic rings. The van der Waals surface area contributed by atoms with E-state index in [9.17, 15) is 10.2 Å². The van der Waals surface area contributed by atoms with Crippen LogP contribution in [0.4, 0.5) is 0 Å². The van der Waals surface area contributed by atoms with Crippen LogP contribution >= 0.6 is 0 Å². The third-order valence-corrected chi connectivity index (χ3v) is 5.75. The Labute approximate surface area is 132 Å². The first-order valence-corrected chi connectivity index (χ1v) is 8.37. The summed E-state index contributed by atoms with van der Waals surface area (Å²) in [6, 6.07) is 0. The van der Waals surface area contributed by atoms with Gasteiger partial charge in [-0.25, -0.2) is 0 Å². The number of fused-ring (bicyclic) bond motifs is 2. The summed E-state index contributed by atoms with van der Waals surface area (Å²) in [4.78, 5) is 0. The van der Waals surface area contributed by atoms with E-state index >= 15 is 0 Å². The van der Waals surface area contributed by atoms with Crippen LogP contribution in [0.1, 0.15) is 33.1 Å². The van der Waals surface area contributed by atoms with Crippen LogP contribution in [0.15, 0.2) is 12.3 Å². The average molecular weight is 312 g/mol. The minimum absolute atomic E-state index is 0.0324. The van der Waals surface area contributed by atoms with Gasteiger partial charge in [-0.2, -0.15) is 0 Å². The Morgan fingerprint density at radius 3 is 2.32 bits per heavy atom. The van der Waals surface area contributed by atoms with Gasteiger partial charge in [-0.05, 0) is 36.7 Å². The third kappa shape index (κ3) is 2.92. The second kappa shape index (κ2) is 6.48. The van der Waals surface area contributed by atoms with E-state index < -0.39 is 0 Å². The van der Waals surface area contributed by atoms with Crippen molar-refractivity contribution in [2.24, 2.45) is 23.7 Å². The van der Waals surface area contributed by atoms with Crippen molar-refractivity contribution in [2.75, 3.05) is 7.11 Å². The summed E-state index contributed by atoms with van der Waals surface area (Å²) in [6.07, 6.45) is 5.99. The summed E-state index contributed by atoms with van der Waals surface area (Å²) < 4.78 is 15.9. The van der Waals surface area contributed by atoms with E-state index in [4.69, 9.17) is 14.2 Å². The number of rotatable bonds is 1. The highest BCUT2D eigenvalue weighted by molar-refractivity contribution is 5.05. The number of aliphatic hydroxyl groups excluding tert-OH is 2. The molecule has 1 unspecified atom stereocenters. The molecule has 1 saturated heterocycles. The molecule has 9 atom stereocenters. The van der Waals surface area contributed by atoms with Crippen molar-refractivity contribution in [3.63, 3.8) is 0 Å². The van der Waals surface area contributed by atoms with Crippen LogP contribution in [-0.4, -0.2) is 48.0 Å². The van der Waals surface area contributed by atoms with Crippen molar-refractivity contribution in [3.05, 3.63) is 12.3 Å². The van der Waals surface area contributed by atoms with E-state index in [0.29, 0.717) is 23.7 Å². The van der Waals surface area contributed by atoms with Crippen molar-refractivity contribution >= 4 is 0 Å². The number of aliphatic hydroxyl groups is 2. The monoisotopic (exact) mass is 312 g/mol. The van der Waals surface area contributed by atoms with Crippen LogP contribution in [0.25, 0.3) is 0 Å². The molecule has 2 heterocycles. The van der Waals surface area contributed by atoms with E-state index in [1.54, 1.807) is 13.4 Å². The van der Waals surface area contributed by atoms with Gasteiger partial charge in [0.15, 0.2) is 6.29 Å². The van der Waals surface area contributed by atoms with E-state index in [0.717, 1.165) is 19.3 Å². The molecule has 22 heavy (non-hydrogen) atoms. The van der Waals surface area contributed by atoms with Crippen LogP contribution in [-0.2, 0) is 14.2 Å². The number of hydrogen-bond acceptors (Lipinski definition) is 5. The Balaban J connectivity index is 0.000000133. The van der Waals surface area contributed by atoms with Gasteiger partial charge in [0.1, 0.15) is 6.10 Å². The largest absolute Gasteiger partial charge is 0.495 e. The van der Waals surface area contributed by atoms with Gasteiger partial charge in [-0.1, -0.05) is 13.8 Å². The molecule has 0 amide bonds. The van der Waals surface area contributed by atoms with Gasteiger partial charge in [0.05, 0.1) is 24.6 Å². The molecule has 0 bridgehead atoms. The zero-order valence-corrected chi connectivity index (χ0v) is 13.6. The molecular formula is C17H28O5. The molecule has 2 saturated carbocycles. The molecular weight excluding hydrogens is 284 g/mol. The van der Waals surface area contributed by atoms with E-state index in [1.807, 2.05) is 0 Å². The fourth-order valence-corrected chi connectivity index (χ4v) is 4.42. The maximum Gasteiger partial charge on any atom is 0.158 e. The van der Waals surface area contributed by atoms with E-state index in [1.165, 1.54) is 0 Å². The van der Waals surface area contributed by atoms with Gasteiger partial charge in [0.25, 0.3) is 0 Å². The van der Waals surface area contributed by atoms with Gasteiger partial charge >= 0.3 is 0 Å². The molecule has 3 fully saturated rings. The van der Waals surface area contributed by atoms with Crippen molar-refractivity contribution in [2.45, 2.75) is 63.8 Å². The number of hydrogen-bond donors (Lipinski definition) is 2. The van der Waals surface area contributed by atoms with Gasteiger partial charge < -0.3 is 24.4 Å². The maximum atomic E-state index is 9.60. The highest BCUT2D eigenvalue weighted by Gasteiger charge is 2.48. The predicted molar refractivity (Wildman–Crippen MR) is 80.9 cm³/mol. The van der Waals surface area contributed by atoms with Crippen molar-refractivity contribution in [1.82, 2.24) is 0 Å². The highest BCUT2D eigenvalue weighted by atomic mass is 16.7. The Hall–Kier alpha value is -0.620. The third-order valence-electron chi connectivity index (χ3n) is 5.75. The fourth-order valence-electron chi connectivity index (χ4n) is 4.42. The second-order valence-corrected chi connectivity index (χ2v) is 7.23. The second-order valence-electron chi connectivity index (χ2n) is 7.23. The summed E-state index contributed by atoms with van der Waals surface area (Å²) in [5, 5.41) is 19.0. The lowest BCUT2D eigenvalue weighted by atomic mass is 9.95. The smallest absolute Gasteiger partial charge is 0.158 e. The summed E-state index contributed by atoms with van der Waals surface area (Å²) in [7, 11) is 1.66. The molecule has 0 radical (unpaired) electrons. The average Bonchev–Trinajstić information content (AvgIpc) is 3.21. The minimum atomic E-state index is -0.273. The van der Waals surface area contributed by atoms with E-state index in [-0.39, 0.29) is 30.7 Å². The van der Waals surface area contributed by atoms with Crippen molar-refractivity contribution < 1.29 is 24.4 Å². The maximum absolute atomic E-state index is 9.60. The summed E-state index contributed by atoms with van der Waals surface area (Å²) in [5.74, 6) is 2.13. The SMILES string of the molecule is COC1C[C@@H]2[C@H](O1)[C@H](O)C[C@H]2C.C[C@@H]1C[C@@H](O)[C@H]2OC=C[C@H]21. The first-order chi connectivity index (χ1) is 10.5. The van der Waals surface area contributed by atoms with Gasteiger partial charge in [0.2, 0.25) is 0 Å².